The largest absolute Gasteiger partial charge is 0.352 e. The Hall–Kier alpha value is -1.46. The van der Waals surface area contributed by atoms with Gasteiger partial charge in [-0.15, -0.1) is 0 Å². The second-order valence-electron chi connectivity index (χ2n) is 6.50. The van der Waals surface area contributed by atoms with Gasteiger partial charge in [-0.3, -0.25) is 4.79 Å². The Kier molecular flexibility index (Phi) is 5.91. The van der Waals surface area contributed by atoms with E-state index in [0.717, 1.165) is 31.2 Å². The molecule has 1 aromatic rings. The molecule has 0 radical (unpaired) electrons. The molecule has 2 unspecified atom stereocenters. The lowest BCUT2D eigenvalue weighted by Gasteiger charge is -2.25. The lowest BCUT2D eigenvalue weighted by atomic mass is 9.85. The van der Waals surface area contributed by atoms with Crippen molar-refractivity contribution in [1.82, 2.24) is 10.2 Å². The van der Waals surface area contributed by atoms with Crippen LogP contribution in [0.4, 0.5) is 4.39 Å². The van der Waals surface area contributed by atoms with E-state index in [2.05, 4.69) is 5.32 Å². The van der Waals surface area contributed by atoms with Crippen molar-refractivity contribution in [1.29, 1.82) is 0 Å². The van der Waals surface area contributed by atoms with Gasteiger partial charge < -0.3 is 16.0 Å². The van der Waals surface area contributed by atoms with Crippen LogP contribution in [0.2, 0.25) is 0 Å². The summed E-state index contributed by atoms with van der Waals surface area (Å²) in [6.07, 6.45) is 3.70. The van der Waals surface area contributed by atoms with Gasteiger partial charge in [-0.2, -0.15) is 0 Å². The van der Waals surface area contributed by atoms with Gasteiger partial charge in [-0.25, -0.2) is 4.39 Å². The molecule has 2 atom stereocenters. The number of benzene rings is 1. The van der Waals surface area contributed by atoms with Crippen LogP contribution >= 0.6 is 0 Å². The highest BCUT2D eigenvalue weighted by Gasteiger charge is 2.24. The quantitative estimate of drug-likeness (QED) is 0.875. The number of amides is 1. The standard InChI is InChI=1S/C17H26FN3O/c1-21(2)11-14-8-12(6-7-16(14)18)10-20-17(22)13-4-3-5-15(19)9-13/h6-8,13,15H,3-5,9-11,19H2,1-2H3,(H,20,22). The van der Waals surface area contributed by atoms with E-state index < -0.39 is 0 Å². The van der Waals surface area contributed by atoms with Crippen LogP contribution in [-0.2, 0) is 17.9 Å². The molecule has 0 aliphatic heterocycles. The van der Waals surface area contributed by atoms with Crippen LogP contribution in [0.25, 0.3) is 0 Å². The third kappa shape index (κ3) is 4.78. The summed E-state index contributed by atoms with van der Waals surface area (Å²) in [7, 11) is 3.81. The summed E-state index contributed by atoms with van der Waals surface area (Å²) in [5, 5.41) is 2.96. The van der Waals surface area contributed by atoms with Crippen LogP contribution in [0.5, 0.6) is 0 Å². The van der Waals surface area contributed by atoms with Crippen molar-refractivity contribution in [2.45, 2.75) is 44.8 Å². The number of hydrogen-bond donors (Lipinski definition) is 2. The normalized spacial score (nSPS) is 21.9. The molecule has 0 heterocycles. The fraction of sp³-hybridized carbons (Fsp3) is 0.588. The van der Waals surface area contributed by atoms with E-state index in [9.17, 15) is 9.18 Å². The Labute approximate surface area is 131 Å². The maximum absolute atomic E-state index is 13.7. The van der Waals surface area contributed by atoms with Crippen LogP contribution in [0, 0.1) is 11.7 Å². The molecule has 1 aliphatic rings. The molecule has 0 spiro atoms. The average molecular weight is 307 g/mol. The SMILES string of the molecule is CN(C)Cc1cc(CNC(=O)C2CCCC(N)C2)ccc1F. The third-order valence-electron chi connectivity index (χ3n) is 4.15. The molecule has 22 heavy (non-hydrogen) atoms. The molecule has 5 heteroatoms. The number of rotatable bonds is 5. The lowest BCUT2D eigenvalue weighted by Crippen LogP contribution is -2.37. The highest BCUT2D eigenvalue weighted by molar-refractivity contribution is 5.78. The minimum Gasteiger partial charge on any atom is -0.352 e. The summed E-state index contributed by atoms with van der Waals surface area (Å²) in [6, 6.07) is 5.16. The van der Waals surface area contributed by atoms with Crippen molar-refractivity contribution >= 4 is 5.91 Å². The molecule has 1 aliphatic carbocycles. The molecule has 1 fully saturated rings. The van der Waals surface area contributed by atoms with E-state index in [0.29, 0.717) is 18.7 Å². The monoisotopic (exact) mass is 307 g/mol. The molecule has 1 saturated carbocycles. The molecule has 0 bridgehead atoms. The summed E-state index contributed by atoms with van der Waals surface area (Å²) < 4.78 is 13.7. The van der Waals surface area contributed by atoms with Gasteiger partial charge in [0.05, 0.1) is 0 Å². The zero-order chi connectivity index (χ0) is 16.1. The van der Waals surface area contributed by atoms with E-state index in [1.54, 1.807) is 6.07 Å². The number of halogens is 1. The van der Waals surface area contributed by atoms with Gasteiger partial charge >= 0.3 is 0 Å². The zero-order valence-corrected chi connectivity index (χ0v) is 13.4. The van der Waals surface area contributed by atoms with Crippen molar-refractivity contribution in [2.24, 2.45) is 11.7 Å². The van der Waals surface area contributed by atoms with Crippen LogP contribution in [0.3, 0.4) is 0 Å². The van der Waals surface area contributed by atoms with Gasteiger partial charge in [0.1, 0.15) is 5.82 Å². The van der Waals surface area contributed by atoms with Gasteiger partial charge in [0, 0.05) is 30.6 Å². The maximum Gasteiger partial charge on any atom is 0.223 e. The van der Waals surface area contributed by atoms with Crippen LogP contribution in [-0.4, -0.2) is 30.9 Å². The predicted molar refractivity (Wildman–Crippen MR) is 85.6 cm³/mol. The highest BCUT2D eigenvalue weighted by atomic mass is 19.1. The molecule has 1 amide bonds. The van der Waals surface area contributed by atoms with E-state index in [1.807, 2.05) is 25.1 Å². The number of hydrogen-bond acceptors (Lipinski definition) is 3. The summed E-state index contributed by atoms with van der Waals surface area (Å²) >= 11 is 0. The highest BCUT2D eigenvalue weighted by Crippen LogP contribution is 2.23. The molecule has 0 saturated heterocycles. The Morgan fingerprint density at radius 2 is 2.18 bits per heavy atom. The molecule has 122 valence electrons. The third-order valence-corrected chi connectivity index (χ3v) is 4.15. The van der Waals surface area contributed by atoms with Gasteiger partial charge in [0.2, 0.25) is 5.91 Å². The van der Waals surface area contributed by atoms with Gasteiger partial charge in [-0.1, -0.05) is 12.5 Å². The van der Waals surface area contributed by atoms with Crippen molar-refractivity contribution in [3.63, 3.8) is 0 Å². The summed E-state index contributed by atoms with van der Waals surface area (Å²) in [5.74, 6) is -0.124. The van der Waals surface area contributed by atoms with Gasteiger partial charge in [0.25, 0.3) is 0 Å². The van der Waals surface area contributed by atoms with E-state index in [1.165, 1.54) is 6.07 Å². The first-order valence-corrected chi connectivity index (χ1v) is 7.91. The number of nitrogens with one attached hydrogen (secondary N) is 1. The maximum atomic E-state index is 13.7. The molecule has 2 rings (SSSR count). The van der Waals surface area contributed by atoms with Crippen LogP contribution in [0.15, 0.2) is 18.2 Å². The van der Waals surface area contributed by atoms with Crippen LogP contribution in [0.1, 0.15) is 36.8 Å². The molecule has 0 aromatic heterocycles. The minimum absolute atomic E-state index is 0.0189. The van der Waals surface area contributed by atoms with Gasteiger partial charge in [-0.05, 0) is 51.1 Å². The van der Waals surface area contributed by atoms with Gasteiger partial charge in [0.15, 0.2) is 0 Å². The first kappa shape index (κ1) is 16.9. The zero-order valence-electron chi connectivity index (χ0n) is 13.4. The van der Waals surface area contributed by atoms with Crippen molar-refractivity contribution in [2.75, 3.05) is 14.1 Å². The number of nitrogens with zero attached hydrogens (tertiary/aromatic N) is 1. The molecular formula is C17H26FN3O. The molecule has 3 N–H and O–H groups in total. The number of nitrogens with two attached hydrogens (primary N) is 1. The topological polar surface area (TPSA) is 58.4 Å². The molecular weight excluding hydrogens is 281 g/mol. The average Bonchev–Trinajstić information content (AvgIpc) is 2.47. The smallest absolute Gasteiger partial charge is 0.223 e. The summed E-state index contributed by atoms with van der Waals surface area (Å²) in [5.41, 5.74) is 7.50. The minimum atomic E-state index is -0.206. The Morgan fingerprint density at radius 3 is 2.86 bits per heavy atom. The second-order valence-corrected chi connectivity index (χ2v) is 6.50. The van der Waals surface area contributed by atoms with Crippen molar-refractivity contribution < 1.29 is 9.18 Å². The predicted octanol–water partition coefficient (Wildman–Crippen LogP) is 2.02. The van der Waals surface area contributed by atoms with E-state index >= 15 is 0 Å². The second kappa shape index (κ2) is 7.70. The first-order valence-electron chi connectivity index (χ1n) is 7.91. The fourth-order valence-corrected chi connectivity index (χ4v) is 3.00. The lowest BCUT2D eigenvalue weighted by molar-refractivity contribution is -0.126. The summed E-state index contributed by atoms with van der Waals surface area (Å²) in [6.45, 7) is 0.983. The fourth-order valence-electron chi connectivity index (χ4n) is 3.00. The Morgan fingerprint density at radius 1 is 1.41 bits per heavy atom. The molecule has 4 nitrogen and oxygen atoms in total. The van der Waals surface area contributed by atoms with Crippen molar-refractivity contribution in [3.05, 3.63) is 35.1 Å². The number of carbonyl (C=O) groups is 1. The molecule has 1 aromatic carbocycles. The van der Waals surface area contributed by atoms with E-state index in [-0.39, 0.29) is 23.7 Å². The van der Waals surface area contributed by atoms with Crippen LogP contribution < -0.4 is 11.1 Å². The first-order chi connectivity index (χ1) is 10.5. The summed E-state index contributed by atoms with van der Waals surface area (Å²) in [4.78, 5) is 14.1. The Balaban J connectivity index is 1.92. The van der Waals surface area contributed by atoms with E-state index in [4.69, 9.17) is 5.73 Å². The van der Waals surface area contributed by atoms with Crippen molar-refractivity contribution in [3.8, 4) is 0 Å². The number of carbonyl (C=O) groups excluding carboxylic acids is 1. The Bertz CT molecular complexity index is 519.